The molecule has 3 heteroatoms. The number of carbonyl (C=O) groups excluding carboxylic acids is 1. The minimum atomic E-state index is 0.0124. The lowest BCUT2D eigenvalue weighted by molar-refractivity contribution is -0.117. The van der Waals surface area contributed by atoms with E-state index in [-0.39, 0.29) is 5.91 Å². The number of amides is 1. The van der Waals surface area contributed by atoms with Crippen LogP contribution in [0.2, 0.25) is 0 Å². The maximum Gasteiger partial charge on any atom is 0.238 e. The van der Waals surface area contributed by atoms with E-state index in [9.17, 15) is 4.79 Å². The summed E-state index contributed by atoms with van der Waals surface area (Å²) in [6.45, 7) is 7.56. The smallest absolute Gasteiger partial charge is 0.238 e. The van der Waals surface area contributed by atoms with Crippen molar-refractivity contribution in [3.8, 4) is 0 Å². The highest BCUT2D eigenvalue weighted by atomic mass is 16.2. The molecule has 0 aliphatic rings. The van der Waals surface area contributed by atoms with Crippen molar-refractivity contribution in [2.45, 2.75) is 33.2 Å². The van der Waals surface area contributed by atoms with Crippen LogP contribution >= 0.6 is 0 Å². The molecule has 0 aliphatic carbocycles. The number of carbonyl (C=O) groups is 1. The first-order chi connectivity index (χ1) is 11.0. The zero-order valence-electron chi connectivity index (χ0n) is 14.5. The predicted molar refractivity (Wildman–Crippen MR) is 96.7 cm³/mol. The van der Waals surface area contributed by atoms with Crippen molar-refractivity contribution < 1.29 is 4.79 Å². The summed E-state index contributed by atoms with van der Waals surface area (Å²) in [7, 11) is 1.97. The molecule has 0 spiro atoms. The van der Waals surface area contributed by atoms with Gasteiger partial charge in [0.2, 0.25) is 5.91 Å². The molecule has 1 N–H and O–H groups in total. The van der Waals surface area contributed by atoms with Crippen molar-refractivity contribution in [1.29, 1.82) is 0 Å². The van der Waals surface area contributed by atoms with E-state index in [0.717, 1.165) is 12.2 Å². The van der Waals surface area contributed by atoms with Gasteiger partial charge in [0.15, 0.2) is 0 Å². The average molecular weight is 310 g/mol. The molecule has 1 amide bonds. The standard InChI is InChI=1S/C20H26N2O/c1-15(2)17-9-11-19(12-10-17)21-20(23)14-22(4)13-18-8-6-5-7-16(18)3/h5-12,15H,13-14H2,1-4H3,(H,21,23). The van der Waals surface area contributed by atoms with Crippen LogP contribution < -0.4 is 5.32 Å². The van der Waals surface area contributed by atoms with Gasteiger partial charge < -0.3 is 5.32 Å². The third kappa shape index (κ3) is 5.22. The number of anilines is 1. The second-order valence-corrected chi connectivity index (χ2v) is 6.42. The number of hydrogen-bond acceptors (Lipinski definition) is 2. The van der Waals surface area contributed by atoms with Gasteiger partial charge in [-0.2, -0.15) is 0 Å². The van der Waals surface area contributed by atoms with Crippen molar-refractivity contribution in [2.75, 3.05) is 18.9 Å². The first-order valence-electron chi connectivity index (χ1n) is 8.08. The highest BCUT2D eigenvalue weighted by molar-refractivity contribution is 5.92. The number of benzene rings is 2. The molecular weight excluding hydrogens is 284 g/mol. The van der Waals surface area contributed by atoms with E-state index in [1.54, 1.807) is 0 Å². The van der Waals surface area contributed by atoms with Gasteiger partial charge in [0.25, 0.3) is 0 Å². The van der Waals surface area contributed by atoms with Crippen LogP contribution in [0.3, 0.4) is 0 Å². The van der Waals surface area contributed by atoms with E-state index in [1.807, 2.05) is 36.2 Å². The van der Waals surface area contributed by atoms with Crippen molar-refractivity contribution in [3.05, 3.63) is 65.2 Å². The van der Waals surface area contributed by atoms with Gasteiger partial charge in [-0.15, -0.1) is 0 Å². The van der Waals surface area contributed by atoms with Crippen LogP contribution in [0.25, 0.3) is 0 Å². The number of hydrogen-bond donors (Lipinski definition) is 1. The molecule has 0 saturated heterocycles. The summed E-state index contributed by atoms with van der Waals surface area (Å²) in [5, 5.41) is 2.96. The number of likely N-dealkylation sites (N-methyl/N-ethyl adjacent to an activating group) is 1. The summed E-state index contributed by atoms with van der Waals surface area (Å²) in [6, 6.07) is 16.3. The number of nitrogens with zero attached hydrogens (tertiary/aromatic N) is 1. The molecule has 0 aromatic heterocycles. The third-order valence-electron chi connectivity index (χ3n) is 3.98. The molecule has 0 atom stereocenters. The molecule has 2 aromatic rings. The van der Waals surface area contributed by atoms with Gasteiger partial charge in [0, 0.05) is 12.2 Å². The zero-order valence-corrected chi connectivity index (χ0v) is 14.5. The van der Waals surface area contributed by atoms with E-state index in [2.05, 4.69) is 50.4 Å². The van der Waals surface area contributed by atoms with Gasteiger partial charge in [-0.1, -0.05) is 50.2 Å². The van der Waals surface area contributed by atoms with Crippen molar-refractivity contribution in [2.24, 2.45) is 0 Å². The predicted octanol–water partition coefficient (Wildman–Crippen LogP) is 4.19. The molecule has 3 nitrogen and oxygen atoms in total. The Hall–Kier alpha value is -2.13. The van der Waals surface area contributed by atoms with Crippen molar-refractivity contribution >= 4 is 11.6 Å². The first kappa shape index (κ1) is 17.2. The summed E-state index contributed by atoms with van der Waals surface area (Å²) in [5.41, 5.74) is 4.64. The third-order valence-corrected chi connectivity index (χ3v) is 3.98. The Labute approximate surface area is 139 Å². The van der Waals surface area contributed by atoms with Crippen LogP contribution in [0.5, 0.6) is 0 Å². The van der Waals surface area contributed by atoms with Crippen molar-refractivity contribution in [3.63, 3.8) is 0 Å². The Kier molecular flexibility index (Phi) is 5.94. The molecule has 0 fully saturated rings. The first-order valence-corrected chi connectivity index (χ1v) is 8.08. The van der Waals surface area contributed by atoms with Crippen LogP contribution in [-0.4, -0.2) is 24.4 Å². The summed E-state index contributed by atoms with van der Waals surface area (Å²) >= 11 is 0. The molecule has 0 saturated carbocycles. The Balaban J connectivity index is 1.87. The van der Waals surface area contributed by atoms with Gasteiger partial charge in [-0.3, -0.25) is 9.69 Å². The molecule has 2 aromatic carbocycles. The molecule has 23 heavy (non-hydrogen) atoms. The Morgan fingerprint density at radius 3 is 2.35 bits per heavy atom. The van der Waals surface area contributed by atoms with E-state index < -0.39 is 0 Å². The van der Waals surface area contributed by atoms with Gasteiger partial charge in [0.05, 0.1) is 6.54 Å². The lowest BCUT2D eigenvalue weighted by Gasteiger charge is -2.17. The summed E-state index contributed by atoms with van der Waals surface area (Å²) < 4.78 is 0. The second-order valence-electron chi connectivity index (χ2n) is 6.42. The number of nitrogens with one attached hydrogen (secondary N) is 1. The van der Waals surface area contributed by atoms with E-state index in [1.165, 1.54) is 16.7 Å². The maximum atomic E-state index is 12.2. The molecule has 0 bridgehead atoms. The lowest BCUT2D eigenvalue weighted by Crippen LogP contribution is -2.30. The molecule has 0 radical (unpaired) electrons. The normalized spacial score (nSPS) is 11.0. The summed E-state index contributed by atoms with van der Waals surface area (Å²) in [5.74, 6) is 0.512. The van der Waals surface area contributed by atoms with E-state index in [0.29, 0.717) is 12.5 Å². The average Bonchev–Trinajstić information content (AvgIpc) is 2.50. The molecule has 2 rings (SSSR count). The molecule has 0 aliphatic heterocycles. The van der Waals surface area contributed by atoms with Crippen LogP contribution in [-0.2, 0) is 11.3 Å². The highest BCUT2D eigenvalue weighted by Gasteiger charge is 2.09. The lowest BCUT2D eigenvalue weighted by atomic mass is 10.0. The minimum Gasteiger partial charge on any atom is -0.325 e. The van der Waals surface area contributed by atoms with Crippen molar-refractivity contribution in [1.82, 2.24) is 4.90 Å². The molecule has 0 unspecified atom stereocenters. The monoisotopic (exact) mass is 310 g/mol. The fourth-order valence-electron chi connectivity index (χ4n) is 2.53. The molecule has 122 valence electrons. The van der Waals surface area contributed by atoms with Crippen LogP contribution in [0, 0.1) is 6.92 Å². The topological polar surface area (TPSA) is 32.3 Å². The summed E-state index contributed by atoms with van der Waals surface area (Å²) in [6.07, 6.45) is 0. The second kappa shape index (κ2) is 7.93. The zero-order chi connectivity index (χ0) is 16.8. The quantitative estimate of drug-likeness (QED) is 0.867. The van der Waals surface area contributed by atoms with E-state index >= 15 is 0 Å². The highest BCUT2D eigenvalue weighted by Crippen LogP contribution is 2.17. The van der Waals surface area contributed by atoms with Crippen LogP contribution in [0.4, 0.5) is 5.69 Å². The van der Waals surface area contributed by atoms with Gasteiger partial charge in [-0.05, 0) is 48.7 Å². The SMILES string of the molecule is Cc1ccccc1CN(C)CC(=O)Nc1ccc(C(C)C)cc1. The number of aryl methyl sites for hydroxylation is 1. The fourth-order valence-corrected chi connectivity index (χ4v) is 2.53. The minimum absolute atomic E-state index is 0.0124. The molecule has 0 heterocycles. The molecular formula is C20H26N2O. The largest absolute Gasteiger partial charge is 0.325 e. The Morgan fingerprint density at radius 2 is 1.74 bits per heavy atom. The van der Waals surface area contributed by atoms with Gasteiger partial charge in [-0.25, -0.2) is 0 Å². The van der Waals surface area contributed by atoms with Gasteiger partial charge in [0.1, 0.15) is 0 Å². The van der Waals surface area contributed by atoms with Crippen LogP contribution in [0.15, 0.2) is 48.5 Å². The fraction of sp³-hybridized carbons (Fsp3) is 0.350. The van der Waals surface area contributed by atoms with Gasteiger partial charge >= 0.3 is 0 Å². The Morgan fingerprint density at radius 1 is 1.09 bits per heavy atom. The number of rotatable bonds is 6. The Bertz CT molecular complexity index is 647. The van der Waals surface area contributed by atoms with E-state index in [4.69, 9.17) is 0 Å². The maximum absolute atomic E-state index is 12.2. The van der Waals surface area contributed by atoms with Crippen LogP contribution in [0.1, 0.15) is 36.5 Å². The summed E-state index contributed by atoms with van der Waals surface area (Å²) in [4.78, 5) is 14.2.